The van der Waals surface area contributed by atoms with Gasteiger partial charge in [-0.15, -0.1) is 11.8 Å². The highest BCUT2D eigenvalue weighted by Gasteiger charge is 2.50. The summed E-state index contributed by atoms with van der Waals surface area (Å²) in [6, 6.07) is 3.63. The topological polar surface area (TPSA) is 65.0 Å². The molecule has 1 heterocycles. The highest BCUT2D eigenvalue weighted by Crippen LogP contribution is 2.34. The van der Waals surface area contributed by atoms with Gasteiger partial charge in [-0.3, -0.25) is 4.99 Å². The minimum absolute atomic E-state index is 0.138. The van der Waals surface area contributed by atoms with Crippen LogP contribution in [-0.2, 0) is 19.0 Å². The van der Waals surface area contributed by atoms with Crippen molar-refractivity contribution in [1.29, 1.82) is 0 Å². The number of hydrogen-bond acceptors (Lipinski definition) is 6. The lowest BCUT2D eigenvalue weighted by molar-refractivity contribution is -0.109. The molecule has 2 rings (SSSR count). The first-order valence-corrected chi connectivity index (χ1v) is 8.74. The van der Waals surface area contributed by atoms with Crippen LogP contribution in [0.25, 0.3) is 0 Å². The smallest absolute Gasteiger partial charge is 0.342 e. The molecule has 0 spiro atoms. The van der Waals surface area contributed by atoms with E-state index in [2.05, 4.69) is 9.18 Å². The maximum Gasteiger partial charge on any atom is 0.523 e. The first kappa shape index (κ1) is 18.2. The van der Waals surface area contributed by atoms with Crippen molar-refractivity contribution in [2.24, 2.45) is 4.99 Å². The third-order valence-electron chi connectivity index (χ3n) is 2.84. The Bertz CT molecular complexity index is 705. The zero-order chi connectivity index (χ0) is 17.3. The van der Waals surface area contributed by atoms with Gasteiger partial charge in [-0.2, -0.15) is 21.6 Å². The first-order valence-electron chi connectivity index (χ1n) is 6.11. The number of halogens is 4. The molecule has 2 atom stereocenters. The fraction of sp³-hybridized carbons (Fsp3) is 0.417. The van der Waals surface area contributed by atoms with Crippen LogP contribution >= 0.6 is 11.8 Å². The standard InChI is InChI=1S/C12H11F4NO4S2/c1-22-9-6-20-11(21-23(18,19)12(14,15)16)10(17-9)7-3-2-4-8(13)5-7/h2-5,10-11H,6H2,1H3/t10-,11?/m1/s1. The van der Waals surface area contributed by atoms with E-state index in [4.69, 9.17) is 4.74 Å². The normalized spacial score (nSPS) is 22.7. The second-order valence-electron chi connectivity index (χ2n) is 4.40. The van der Waals surface area contributed by atoms with Crippen LogP contribution in [0.5, 0.6) is 0 Å². The van der Waals surface area contributed by atoms with Crippen LogP contribution in [0.1, 0.15) is 11.6 Å². The average molecular weight is 373 g/mol. The average Bonchev–Trinajstić information content (AvgIpc) is 2.46. The fourth-order valence-electron chi connectivity index (χ4n) is 1.79. The predicted molar refractivity (Wildman–Crippen MR) is 75.9 cm³/mol. The number of hydrogen-bond donors (Lipinski definition) is 0. The molecule has 0 N–H and O–H groups in total. The molecule has 1 aliphatic rings. The van der Waals surface area contributed by atoms with E-state index >= 15 is 0 Å². The molecule has 1 aromatic carbocycles. The van der Waals surface area contributed by atoms with E-state index in [1.807, 2.05) is 0 Å². The van der Waals surface area contributed by atoms with Gasteiger partial charge in [-0.25, -0.2) is 8.57 Å². The van der Waals surface area contributed by atoms with Crippen molar-refractivity contribution >= 4 is 26.9 Å². The largest absolute Gasteiger partial charge is 0.523 e. The Morgan fingerprint density at radius 3 is 2.65 bits per heavy atom. The number of ether oxygens (including phenoxy) is 1. The zero-order valence-electron chi connectivity index (χ0n) is 11.6. The first-order chi connectivity index (χ1) is 10.6. The van der Waals surface area contributed by atoms with E-state index in [9.17, 15) is 26.0 Å². The monoisotopic (exact) mass is 373 g/mol. The van der Waals surface area contributed by atoms with Gasteiger partial charge >= 0.3 is 15.6 Å². The Balaban J connectivity index is 2.36. The zero-order valence-corrected chi connectivity index (χ0v) is 13.2. The summed E-state index contributed by atoms with van der Waals surface area (Å²) in [5, 5.41) is 0.420. The molecule has 128 valence electrons. The number of rotatable bonds is 3. The Kier molecular flexibility index (Phi) is 5.33. The second kappa shape index (κ2) is 6.75. The summed E-state index contributed by atoms with van der Waals surface area (Å²) in [4.78, 5) is 4.09. The molecular weight excluding hydrogens is 362 g/mol. The van der Waals surface area contributed by atoms with Crippen molar-refractivity contribution < 1.29 is 34.9 Å². The van der Waals surface area contributed by atoms with Crippen LogP contribution in [-0.4, -0.2) is 38.1 Å². The van der Waals surface area contributed by atoms with Gasteiger partial charge in [0.05, 0.1) is 11.7 Å². The van der Waals surface area contributed by atoms with Crippen LogP contribution < -0.4 is 0 Å². The SMILES string of the molecule is CSC1=N[C@H](c2cccc(F)c2)C(OS(=O)(=O)C(F)(F)F)OC1. The van der Waals surface area contributed by atoms with Crippen LogP contribution in [0.15, 0.2) is 29.3 Å². The van der Waals surface area contributed by atoms with Gasteiger partial charge in [-0.05, 0) is 24.0 Å². The lowest BCUT2D eigenvalue weighted by Crippen LogP contribution is -2.37. The number of aliphatic imine (C=N–C) groups is 1. The van der Waals surface area contributed by atoms with Gasteiger partial charge in [-0.1, -0.05) is 12.1 Å². The molecular formula is C12H11F4NO4S2. The number of nitrogens with zero attached hydrogens (tertiary/aromatic N) is 1. The summed E-state index contributed by atoms with van der Waals surface area (Å²) in [5.74, 6) is -0.647. The summed E-state index contributed by atoms with van der Waals surface area (Å²) in [6.45, 7) is -0.203. The molecule has 0 saturated heterocycles. The van der Waals surface area contributed by atoms with E-state index in [1.54, 1.807) is 6.26 Å². The maximum absolute atomic E-state index is 13.3. The molecule has 0 aliphatic carbocycles. The predicted octanol–water partition coefficient (Wildman–Crippen LogP) is 2.85. The van der Waals surface area contributed by atoms with E-state index < -0.39 is 33.8 Å². The van der Waals surface area contributed by atoms with E-state index in [0.717, 1.165) is 12.1 Å². The van der Waals surface area contributed by atoms with Gasteiger partial charge in [0, 0.05) is 0 Å². The summed E-state index contributed by atoms with van der Waals surface area (Å²) in [5.41, 5.74) is -5.45. The number of benzene rings is 1. The maximum atomic E-state index is 13.3. The second-order valence-corrected chi connectivity index (χ2v) is 6.85. The van der Waals surface area contributed by atoms with Crippen molar-refractivity contribution in [3.8, 4) is 0 Å². The van der Waals surface area contributed by atoms with Crippen LogP contribution in [0.2, 0.25) is 0 Å². The number of alkyl halides is 3. The molecule has 11 heteroatoms. The summed E-state index contributed by atoms with van der Waals surface area (Å²) in [7, 11) is -5.87. The minimum atomic E-state index is -5.87. The van der Waals surface area contributed by atoms with Gasteiger partial charge in [0.15, 0.2) is 0 Å². The van der Waals surface area contributed by atoms with Gasteiger partial charge in [0.2, 0.25) is 6.29 Å². The molecule has 1 aromatic rings. The van der Waals surface area contributed by atoms with Crippen LogP contribution in [0, 0.1) is 5.82 Å². The Hall–Kier alpha value is -1.17. The molecule has 0 aromatic heterocycles. The minimum Gasteiger partial charge on any atom is -0.342 e. The molecule has 0 radical (unpaired) electrons. The van der Waals surface area contributed by atoms with E-state index in [0.29, 0.717) is 5.04 Å². The Morgan fingerprint density at radius 1 is 1.39 bits per heavy atom. The lowest BCUT2D eigenvalue weighted by atomic mass is 10.1. The van der Waals surface area contributed by atoms with E-state index in [-0.39, 0.29) is 12.2 Å². The lowest BCUT2D eigenvalue weighted by Gasteiger charge is -2.29. The quantitative estimate of drug-likeness (QED) is 0.463. The molecule has 5 nitrogen and oxygen atoms in total. The van der Waals surface area contributed by atoms with E-state index in [1.165, 1.54) is 23.9 Å². The van der Waals surface area contributed by atoms with Crippen LogP contribution in [0.3, 0.4) is 0 Å². The highest BCUT2D eigenvalue weighted by atomic mass is 32.2. The van der Waals surface area contributed by atoms with Gasteiger partial charge < -0.3 is 4.74 Å². The molecule has 0 fully saturated rings. The number of thioether (sulfide) groups is 1. The van der Waals surface area contributed by atoms with Crippen molar-refractivity contribution in [3.63, 3.8) is 0 Å². The fourth-order valence-corrected chi connectivity index (χ4v) is 2.72. The summed E-state index contributed by atoms with van der Waals surface area (Å²) in [6.07, 6.45) is -0.169. The molecule has 1 unspecified atom stereocenters. The van der Waals surface area contributed by atoms with Gasteiger partial charge in [0.1, 0.15) is 11.9 Å². The van der Waals surface area contributed by atoms with Gasteiger partial charge in [0.25, 0.3) is 0 Å². The van der Waals surface area contributed by atoms with Crippen molar-refractivity contribution in [2.75, 3.05) is 12.9 Å². The molecule has 1 aliphatic heterocycles. The molecule has 0 bridgehead atoms. The Labute approximate surface area is 133 Å². The van der Waals surface area contributed by atoms with Crippen molar-refractivity contribution in [3.05, 3.63) is 35.6 Å². The molecule has 0 amide bonds. The molecule has 23 heavy (non-hydrogen) atoms. The Morgan fingerprint density at radius 2 is 2.09 bits per heavy atom. The third kappa shape index (κ3) is 4.22. The van der Waals surface area contributed by atoms with Crippen molar-refractivity contribution in [2.45, 2.75) is 17.8 Å². The van der Waals surface area contributed by atoms with Crippen LogP contribution in [0.4, 0.5) is 17.6 Å². The highest BCUT2D eigenvalue weighted by molar-refractivity contribution is 8.13. The third-order valence-corrected chi connectivity index (χ3v) is 4.55. The summed E-state index contributed by atoms with van der Waals surface area (Å²) < 4.78 is 82.2. The van der Waals surface area contributed by atoms with Crippen molar-refractivity contribution in [1.82, 2.24) is 0 Å². The summed E-state index contributed by atoms with van der Waals surface area (Å²) >= 11 is 1.18. The molecule has 0 saturated carbocycles.